The molecule has 0 spiro atoms. The molecule has 174 valence electrons. The Hall–Kier alpha value is -3.13. The molecule has 8 nitrogen and oxygen atoms in total. The number of hydrogen-bond donors (Lipinski definition) is 1. The maximum atomic E-state index is 12.7. The lowest BCUT2D eigenvalue weighted by Crippen LogP contribution is -2.64. The van der Waals surface area contributed by atoms with Crippen molar-refractivity contribution in [1.82, 2.24) is 24.9 Å². The Morgan fingerprint density at radius 1 is 1.03 bits per heavy atom. The highest BCUT2D eigenvalue weighted by Gasteiger charge is 2.49. The van der Waals surface area contributed by atoms with Gasteiger partial charge in [0.25, 0.3) is 5.91 Å². The average molecular weight is 449 g/mol. The number of urea groups is 1. The van der Waals surface area contributed by atoms with E-state index >= 15 is 0 Å². The highest BCUT2D eigenvalue weighted by molar-refractivity contribution is 6.03. The van der Waals surface area contributed by atoms with E-state index in [0.717, 1.165) is 58.1 Å². The fraction of sp³-hybridized carbons (Fsp3) is 0.480. The Labute approximate surface area is 194 Å². The molecule has 3 heterocycles. The van der Waals surface area contributed by atoms with Crippen molar-refractivity contribution in [1.29, 1.82) is 0 Å². The summed E-state index contributed by atoms with van der Waals surface area (Å²) in [5.41, 5.74) is 1.35. The third kappa shape index (κ3) is 4.04. The zero-order valence-corrected chi connectivity index (χ0v) is 19.4. The zero-order valence-electron chi connectivity index (χ0n) is 19.4. The monoisotopic (exact) mass is 448 g/mol. The van der Waals surface area contributed by atoms with Gasteiger partial charge in [-0.25, -0.2) is 9.79 Å². The van der Waals surface area contributed by atoms with Crippen LogP contribution in [0.1, 0.15) is 25.3 Å². The molecule has 0 radical (unpaired) electrons. The number of carbonyl (C=O) groups is 2. The van der Waals surface area contributed by atoms with E-state index < -0.39 is 12.2 Å². The van der Waals surface area contributed by atoms with E-state index in [2.05, 4.69) is 69.4 Å². The topological polar surface area (TPSA) is 71.5 Å². The van der Waals surface area contributed by atoms with Gasteiger partial charge in [0.05, 0.1) is 0 Å². The minimum Gasteiger partial charge on any atom is -0.340 e. The zero-order chi connectivity index (χ0) is 22.9. The molecule has 2 aromatic rings. The van der Waals surface area contributed by atoms with E-state index in [1.807, 2.05) is 0 Å². The third-order valence-corrected chi connectivity index (χ3v) is 7.02. The number of amides is 3. The van der Waals surface area contributed by atoms with Crippen molar-refractivity contribution < 1.29 is 9.59 Å². The van der Waals surface area contributed by atoms with Gasteiger partial charge in [-0.2, -0.15) is 0 Å². The molecule has 8 heteroatoms. The first kappa shape index (κ1) is 21.7. The molecule has 2 saturated heterocycles. The Morgan fingerprint density at radius 3 is 2.58 bits per heavy atom. The van der Waals surface area contributed by atoms with Crippen LogP contribution in [0.15, 0.2) is 47.5 Å². The van der Waals surface area contributed by atoms with Crippen molar-refractivity contribution in [3.63, 3.8) is 0 Å². The van der Waals surface area contributed by atoms with Crippen LogP contribution in [-0.2, 0) is 11.3 Å². The molecule has 2 fully saturated rings. The summed E-state index contributed by atoms with van der Waals surface area (Å²) in [5, 5.41) is 5.08. The number of benzene rings is 2. The van der Waals surface area contributed by atoms with Gasteiger partial charge in [-0.1, -0.05) is 55.8 Å². The predicted octanol–water partition coefficient (Wildman–Crippen LogP) is 2.31. The van der Waals surface area contributed by atoms with E-state index in [-0.39, 0.29) is 11.9 Å². The molecule has 0 aromatic heterocycles. The molecule has 0 saturated carbocycles. The van der Waals surface area contributed by atoms with Gasteiger partial charge < -0.3 is 14.7 Å². The van der Waals surface area contributed by atoms with E-state index in [1.165, 1.54) is 16.3 Å². The number of likely N-dealkylation sites (N-methyl/N-ethyl adjacent to an activating group) is 1. The normalized spacial score (nSPS) is 23.7. The summed E-state index contributed by atoms with van der Waals surface area (Å²) in [6, 6.07) is 14.3. The summed E-state index contributed by atoms with van der Waals surface area (Å²) < 4.78 is 0. The Bertz CT molecular complexity index is 1070. The number of fused-ring (bicyclic) bond motifs is 2. The van der Waals surface area contributed by atoms with Crippen molar-refractivity contribution in [2.45, 2.75) is 38.5 Å². The highest BCUT2D eigenvalue weighted by atomic mass is 16.2. The fourth-order valence-electron chi connectivity index (χ4n) is 5.12. The number of guanidine groups is 1. The number of unbranched alkanes of at least 4 members (excludes halogenated alkanes) is 1. The molecule has 33 heavy (non-hydrogen) atoms. The van der Waals surface area contributed by atoms with Crippen LogP contribution in [0.4, 0.5) is 4.79 Å². The Morgan fingerprint density at radius 2 is 1.79 bits per heavy atom. The maximum Gasteiger partial charge on any atom is 0.325 e. The van der Waals surface area contributed by atoms with Crippen LogP contribution in [0.2, 0.25) is 0 Å². The first-order valence-electron chi connectivity index (χ1n) is 11.9. The van der Waals surface area contributed by atoms with Crippen LogP contribution in [0, 0.1) is 0 Å². The molecule has 5 rings (SSSR count). The van der Waals surface area contributed by atoms with Crippen LogP contribution >= 0.6 is 0 Å². The largest absolute Gasteiger partial charge is 0.340 e. The number of nitrogens with one attached hydrogen (secondary N) is 1. The van der Waals surface area contributed by atoms with E-state index in [9.17, 15) is 9.59 Å². The number of imide groups is 1. The average Bonchev–Trinajstić information content (AvgIpc) is 3.22. The quantitative estimate of drug-likeness (QED) is 0.760. The number of hydrogen-bond acceptors (Lipinski definition) is 6. The number of nitrogens with zero attached hydrogens (tertiary/aromatic N) is 5. The van der Waals surface area contributed by atoms with Crippen LogP contribution < -0.4 is 5.32 Å². The molecule has 1 N–H and O–H groups in total. The summed E-state index contributed by atoms with van der Waals surface area (Å²) in [7, 11) is 1.71. The van der Waals surface area contributed by atoms with Gasteiger partial charge in [0.15, 0.2) is 18.2 Å². The van der Waals surface area contributed by atoms with Crippen LogP contribution in [0.25, 0.3) is 10.8 Å². The SMILES string of the molecule is CCCCN1C(N2CCN(Cc3cccc4ccccc34)CC2)=NC2C1C(=O)NC(=O)N2C. The van der Waals surface area contributed by atoms with Gasteiger partial charge >= 0.3 is 6.03 Å². The fourth-order valence-corrected chi connectivity index (χ4v) is 5.12. The van der Waals surface area contributed by atoms with Gasteiger partial charge in [-0.15, -0.1) is 0 Å². The highest BCUT2D eigenvalue weighted by Crippen LogP contribution is 2.27. The first-order chi connectivity index (χ1) is 16.1. The molecule has 2 atom stereocenters. The van der Waals surface area contributed by atoms with Crippen molar-refractivity contribution in [3.05, 3.63) is 48.0 Å². The smallest absolute Gasteiger partial charge is 0.325 e. The van der Waals surface area contributed by atoms with Gasteiger partial charge in [0, 0.05) is 46.3 Å². The predicted molar refractivity (Wildman–Crippen MR) is 129 cm³/mol. The third-order valence-electron chi connectivity index (χ3n) is 7.02. The lowest BCUT2D eigenvalue weighted by molar-refractivity contribution is -0.127. The minimum atomic E-state index is -0.452. The summed E-state index contributed by atoms with van der Waals surface area (Å²) in [5.74, 6) is 0.618. The molecular weight excluding hydrogens is 416 g/mol. The van der Waals surface area contributed by atoms with Crippen LogP contribution in [-0.4, -0.2) is 89.5 Å². The second kappa shape index (κ2) is 9.02. The summed E-state index contributed by atoms with van der Waals surface area (Å²) >= 11 is 0. The molecular formula is C25H32N6O2. The molecule has 0 bridgehead atoms. The maximum absolute atomic E-state index is 12.7. The lowest BCUT2D eigenvalue weighted by atomic mass is 10.0. The standard InChI is InChI=1S/C25H32N6O2/c1-3-4-12-31-21-22(28(2)25(33)27-23(21)32)26-24(31)30-15-13-29(14-16-30)17-19-10-7-9-18-8-5-6-11-20(18)19/h5-11,21-22H,3-4,12-17H2,1-2H3,(H,27,32,33). The molecule has 2 unspecified atom stereocenters. The van der Waals surface area contributed by atoms with Gasteiger partial charge in [0.2, 0.25) is 0 Å². The molecule has 3 amide bonds. The Balaban J connectivity index is 1.30. The van der Waals surface area contributed by atoms with E-state index in [1.54, 1.807) is 11.9 Å². The van der Waals surface area contributed by atoms with Crippen LogP contribution in [0.3, 0.4) is 0 Å². The van der Waals surface area contributed by atoms with Crippen molar-refractivity contribution in [2.24, 2.45) is 4.99 Å². The Kier molecular flexibility index (Phi) is 5.93. The first-order valence-corrected chi connectivity index (χ1v) is 11.9. The molecule has 0 aliphatic carbocycles. The number of piperazine rings is 1. The molecule has 3 aliphatic heterocycles. The lowest BCUT2D eigenvalue weighted by Gasteiger charge is -2.40. The molecule has 2 aromatic carbocycles. The van der Waals surface area contributed by atoms with Gasteiger partial charge in [0.1, 0.15) is 0 Å². The van der Waals surface area contributed by atoms with Crippen molar-refractivity contribution >= 4 is 28.7 Å². The molecule has 3 aliphatic rings. The van der Waals surface area contributed by atoms with Crippen molar-refractivity contribution in [3.8, 4) is 0 Å². The number of aliphatic imine (C=N–C) groups is 1. The number of rotatable bonds is 5. The second-order valence-corrected chi connectivity index (χ2v) is 9.14. The van der Waals surface area contributed by atoms with Gasteiger partial charge in [-0.05, 0) is 22.8 Å². The van der Waals surface area contributed by atoms with Crippen molar-refractivity contribution in [2.75, 3.05) is 39.8 Å². The minimum absolute atomic E-state index is 0.243. The summed E-state index contributed by atoms with van der Waals surface area (Å²) in [6.07, 6.45) is 1.57. The summed E-state index contributed by atoms with van der Waals surface area (Å²) in [4.78, 5) is 38.2. The van der Waals surface area contributed by atoms with E-state index in [4.69, 9.17) is 4.99 Å². The van der Waals surface area contributed by atoms with Gasteiger partial charge in [-0.3, -0.25) is 15.0 Å². The van der Waals surface area contributed by atoms with E-state index in [0.29, 0.717) is 0 Å². The second-order valence-electron chi connectivity index (χ2n) is 9.14. The number of carbonyl (C=O) groups excluding carboxylic acids is 2. The van der Waals surface area contributed by atoms with Crippen LogP contribution in [0.5, 0.6) is 0 Å². The summed E-state index contributed by atoms with van der Waals surface area (Å²) in [6.45, 7) is 7.40.